The average Bonchev–Trinajstić information content (AvgIpc) is 3.40. The van der Waals surface area contributed by atoms with Crippen molar-refractivity contribution >= 4 is 11.8 Å². The highest BCUT2D eigenvalue weighted by Crippen LogP contribution is 2.60. The number of likely N-dealkylation sites (tertiary alicyclic amines) is 1. The van der Waals surface area contributed by atoms with Crippen LogP contribution >= 0.6 is 0 Å². The Labute approximate surface area is 172 Å². The molecule has 4 aliphatic carbocycles. The molecule has 6 heteroatoms. The second-order valence-corrected chi connectivity index (χ2v) is 9.96. The van der Waals surface area contributed by atoms with E-state index in [-0.39, 0.29) is 29.8 Å². The number of carbonyl (C=O) groups excluding carboxylic acids is 2. The van der Waals surface area contributed by atoms with E-state index in [9.17, 15) is 9.59 Å². The maximum atomic E-state index is 13.0. The lowest BCUT2D eigenvalue weighted by molar-refractivity contribution is -0.147. The monoisotopic (exact) mass is 399 g/mol. The van der Waals surface area contributed by atoms with Gasteiger partial charge in [-0.3, -0.25) is 14.5 Å². The highest BCUT2D eigenvalue weighted by atomic mass is 16.3. The Bertz CT molecular complexity index is 703. The van der Waals surface area contributed by atoms with Crippen LogP contribution in [0.15, 0.2) is 22.8 Å². The van der Waals surface area contributed by atoms with Crippen LogP contribution in [0.4, 0.5) is 0 Å². The van der Waals surface area contributed by atoms with Gasteiger partial charge in [-0.25, -0.2) is 0 Å². The fourth-order valence-corrected chi connectivity index (χ4v) is 6.95. The molecule has 2 amide bonds. The molecule has 6 nitrogen and oxygen atoms in total. The molecule has 1 saturated heterocycles. The van der Waals surface area contributed by atoms with E-state index < -0.39 is 0 Å². The number of carbonyl (C=O) groups is 2. The molecule has 5 fully saturated rings. The number of hydrogen-bond donors (Lipinski definition) is 2. The minimum absolute atomic E-state index is 0.0651. The van der Waals surface area contributed by atoms with Crippen LogP contribution in [-0.2, 0) is 9.59 Å². The van der Waals surface area contributed by atoms with Crippen molar-refractivity contribution < 1.29 is 14.0 Å². The molecule has 5 aliphatic rings. The Morgan fingerprint density at radius 1 is 1.07 bits per heavy atom. The third kappa shape index (κ3) is 3.83. The second kappa shape index (κ2) is 7.78. The van der Waals surface area contributed by atoms with E-state index in [1.807, 2.05) is 12.1 Å². The van der Waals surface area contributed by atoms with Gasteiger partial charge >= 0.3 is 0 Å². The molecule has 29 heavy (non-hydrogen) atoms. The lowest BCUT2D eigenvalue weighted by Crippen LogP contribution is -2.54. The summed E-state index contributed by atoms with van der Waals surface area (Å²) in [7, 11) is 0. The Balaban J connectivity index is 1.13. The predicted molar refractivity (Wildman–Crippen MR) is 109 cm³/mol. The van der Waals surface area contributed by atoms with Crippen molar-refractivity contribution in [2.45, 2.75) is 57.4 Å². The number of hydrogen-bond acceptors (Lipinski definition) is 4. The van der Waals surface area contributed by atoms with Crippen molar-refractivity contribution in [1.82, 2.24) is 15.5 Å². The van der Waals surface area contributed by atoms with Crippen LogP contribution in [0.25, 0.3) is 0 Å². The smallest absolute Gasteiger partial charge is 0.239 e. The largest absolute Gasteiger partial charge is 0.468 e. The van der Waals surface area contributed by atoms with E-state index in [0.717, 1.165) is 55.9 Å². The Hall–Kier alpha value is -1.82. The first-order valence-electron chi connectivity index (χ1n) is 11.4. The summed E-state index contributed by atoms with van der Waals surface area (Å²) in [5, 5.41) is 6.00. The van der Waals surface area contributed by atoms with Crippen LogP contribution in [0.5, 0.6) is 0 Å². The van der Waals surface area contributed by atoms with Gasteiger partial charge < -0.3 is 15.1 Å². The van der Waals surface area contributed by atoms with Gasteiger partial charge in [-0.15, -0.1) is 0 Å². The van der Waals surface area contributed by atoms with Gasteiger partial charge in [0.15, 0.2) is 0 Å². The van der Waals surface area contributed by atoms with Gasteiger partial charge in [0.1, 0.15) is 5.76 Å². The average molecular weight is 400 g/mol. The number of rotatable bonds is 7. The third-order valence-electron chi connectivity index (χ3n) is 7.88. The summed E-state index contributed by atoms with van der Waals surface area (Å²) in [6, 6.07) is 3.94. The molecule has 0 spiro atoms. The number of nitrogens with zero attached hydrogens (tertiary/aromatic N) is 1. The van der Waals surface area contributed by atoms with Crippen LogP contribution in [0.3, 0.4) is 0 Å². The van der Waals surface area contributed by atoms with Gasteiger partial charge in [0.05, 0.1) is 18.8 Å². The highest BCUT2D eigenvalue weighted by molar-refractivity contribution is 5.88. The molecular formula is C23H33N3O3. The molecular weight excluding hydrogens is 366 g/mol. The molecule has 1 aromatic rings. The zero-order chi connectivity index (χ0) is 19.8. The van der Waals surface area contributed by atoms with Crippen molar-refractivity contribution in [2.24, 2.45) is 23.2 Å². The van der Waals surface area contributed by atoms with Crippen LogP contribution in [0.2, 0.25) is 0 Å². The van der Waals surface area contributed by atoms with Gasteiger partial charge in [-0.2, -0.15) is 0 Å². The van der Waals surface area contributed by atoms with Crippen molar-refractivity contribution in [1.29, 1.82) is 0 Å². The Morgan fingerprint density at radius 3 is 2.31 bits per heavy atom. The van der Waals surface area contributed by atoms with Gasteiger partial charge in [0.2, 0.25) is 11.8 Å². The quantitative estimate of drug-likeness (QED) is 0.739. The second-order valence-electron chi connectivity index (χ2n) is 9.96. The molecule has 1 atom stereocenters. The van der Waals surface area contributed by atoms with E-state index in [0.29, 0.717) is 6.54 Å². The molecule has 1 unspecified atom stereocenters. The summed E-state index contributed by atoms with van der Waals surface area (Å²) < 4.78 is 5.61. The maximum Gasteiger partial charge on any atom is 0.239 e. The van der Waals surface area contributed by atoms with Crippen LogP contribution in [-0.4, -0.2) is 42.9 Å². The van der Waals surface area contributed by atoms with Crippen LogP contribution in [0.1, 0.15) is 63.2 Å². The van der Waals surface area contributed by atoms with E-state index in [4.69, 9.17) is 4.42 Å². The molecule has 0 aromatic carbocycles. The number of amides is 2. The molecule has 2 heterocycles. The van der Waals surface area contributed by atoms with E-state index in [1.165, 1.54) is 32.1 Å². The van der Waals surface area contributed by atoms with Crippen molar-refractivity contribution in [3.8, 4) is 0 Å². The van der Waals surface area contributed by atoms with Gasteiger partial charge in [0, 0.05) is 12.0 Å². The number of furan rings is 1. The van der Waals surface area contributed by atoms with Crippen LogP contribution in [0, 0.1) is 23.2 Å². The normalized spacial score (nSPS) is 34.3. The van der Waals surface area contributed by atoms with E-state index in [1.54, 1.807) is 6.26 Å². The lowest BCUT2D eigenvalue weighted by Gasteiger charge is -2.55. The van der Waals surface area contributed by atoms with E-state index >= 15 is 0 Å². The first-order chi connectivity index (χ1) is 14.1. The molecule has 2 N–H and O–H groups in total. The first-order valence-corrected chi connectivity index (χ1v) is 11.4. The van der Waals surface area contributed by atoms with Crippen molar-refractivity contribution in [3.63, 3.8) is 0 Å². The molecule has 4 bridgehead atoms. The fraction of sp³-hybridized carbons (Fsp3) is 0.739. The predicted octanol–water partition coefficient (Wildman–Crippen LogP) is 2.87. The Morgan fingerprint density at radius 2 is 1.72 bits per heavy atom. The molecule has 4 saturated carbocycles. The standard InChI is InChI=1S/C23H33N3O3/c27-21(24-14-19(20-4-3-7-29-20)26-5-1-2-6-26)15-25-22(28)23-11-16-8-17(12-23)10-18(9-16)13-23/h3-4,7,16-19H,1-2,5-6,8-15H2,(H,24,27)(H,25,28). The SMILES string of the molecule is O=C(CNC(=O)C12CC3CC(CC(C3)C1)C2)NCC(c1ccco1)N1CCCC1. The maximum absolute atomic E-state index is 13.0. The van der Waals surface area contributed by atoms with E-state index in [2.05, 4.69) is 15.5 Å². The van der Waals surface area contributed by atoms with Gasteiger partial charge in [-0.05, 0) is 94.3 Å². The van der Waals surface area contributed by atoms with Crippen molar-refractivity contribution in [3.05, 3.63) is 24.2 Å². The lowest BCUT2D eigenvalue weighted by atomic mass is 9.49. The van der Waals surface area contributed by atoms with Crippen molar-refractivity contribution in [2.75, 3.05) is 26.2 Å². The summed E-state index contributed by atoms with van der Waals surface area (Å²) in [5.74, 6) is 3.10. The minimum atomic E-state index is -0.193. The fourth-order valence-electron chi connectivity index (χ4n) is 6.95. The van der Waals surface area contributed by atoms with Gasteiger partial charge in [0.25, 0.3) is 0 Å². The molecule has 6 rings (SSSR count). The zero-order valence-corrected chi connectivity index (χ0v) is 17.2. The number of nitrogens with one attached hydrogen (secondary N) is 2. The summed E-state index contributed by atoms with van der Waals surface area (Å²) >= 11 is 0. The minimum Gasteiger partial charge on any atom is -0.468 e. The highest BCUT2D eigenvalue weighted by Gasteiger charge is 2.54. The molecule has 1 aromatic heterocycles. The molecule has 1 aliphatic heterocycles. The van der Waals surface area contributed by atoms with Gasteiger partial charge in [-0.1, -0.05) is 0 Å². The Kier molecular flexibility index (Phi) is 5.14. The molecule has 158 valence electrons. The summed E-state index contributed by atoms with van der Waals surface area (Å²) in [6.07, 6.45) is 11.1. The topological polar surface area (TPSA) is 74.6 Å². The zero-order valence-electron chi connectivity index (χ0n) is 17.2. The summed E-state index contributed by atoms with van der Waals surface area (Å²) in [6.45, 7) is 2.65. The summed E-state index contributed by atoms with van der Waals surface area (Å²) in [5.41, 5.74) is -0.193. The summed E-state index contributed by atoms with van der Waals surface area (Å²) in [4.78, 5) is 27.9. The molecule has 0 radical (unpaired) electrons. The van der Waals surface area contributed by atoms with Crippen LogP contribution < -0.4 is 10.6 Å². The third-order valence-corrected chi connectivity index (χ3v) is 7.88. The first kappa shape index (κ1) is 19.2.